The topological polar surface area (TPSA) is 75.4 Å². The van der Waals surface area contributed by atoms with Crippen molar-refractivity contribution in [1.29, 1.82) is 0 Å². The Morgan fingerprint density at radius 1 is 1.64 bits per heavy atom. The highest BCUT2D eigenvalue weighted by Gasteiger charge is 2.21. The SMILES string of the molecule is CNC(CC(=O)O)c1c(C)noc1C. The van der Waals surface area contributed by atoms with Gasteiger partial charge in [0.1, 0.15) is 5.76 Å². The fourth-order valence-corrected chi connectivity index (χ4v) is 1.51. The molecular formula is C9H14N2O3. The molecule has 0 radical (unpaired) electrons. The third kappa shape index (κ3) is 2.11. The van der Waals surface area contributed by atoms with Crippen LogP contribution in [0.4, 0.5) is 0 Å². The molecule has 2 N–H and O–H groups in total. The summed E-state index contributed by atoms with van der Waals surface area (Å²) >= 11 is 0. The molecule has 14 heavy (non-hydrogen) atoms. The van der Waals surface area contributed by atoms with Crippen LogP contribution in [-0.2, 0) is 4.79 Å². The van der Waals surface area contributed by atoms with Crippen LogP contribution in [-0.4, -0.2) is 23.3 Å². The Balaban J connectivity index is 2.94. The summed E-state index contributed by atoms with van der Waals surface area (Å²) in [6.45, 7) is 3.58. The lowest BCUT2D eigenvalue weighted by Gasteiger charge is -2.12. The van der Waals surface area contributed by atoms with E-state index in [1.807, 2.05) is 0 Å². The maximum atomic E-state index is 10.6. The number of carboxylic acids is 1. The number of hydrogen-bond donors (Lipinski definition) is 2. The molecule has 0 aliphatic rings. The zero-order valence-corrected chi connectivity index (χ0v) is 8.50. The highest BCUT2D eigenvalue weighted by atomic mass is 16.5. The van der Waals surface area contributed by atoms with Crippen molar-refractivity contribution in [2.45, 2.75) is 26.3 Å². The Labute approximate surface area is 82.1 Å². The molecule has 1 aromatic heterocycles. The number of rotatable bonds is 4. The molecule has 0 spiro atoms. The number of carboxylic acid groups (broad SMARTS) is 1. The van der Waals surface area contributed by atoms with Crippen LogP contribution in [0.15, 0.2) is 4.52 Å². The lowest BCUT2D eigenvalue weighted by Crippen LogP contribution is -2.20. The minimum Gasteiger partial charge on any atom is -0.481 e. The second-order valence-corrected chi connectivity index (χ2v) is 3.18. The molecule has 78 valence electrons. The second kappa shape index (κ2) is 4.23. The number of aryl methyl sites for hydroxylation is 2. The van der Waals surface area contributed by atoms with Gasteiger partial charge in [0.05, 0.1) is 12.1 Å². The lowest BCUT2D eigenvalue weighted by molar-refractivity contribution is -0.137. The van der Waals surface area contributed by atoms with Crippen molar-refractivity contribution >= 4 is 5.97 Å². The molecule has 1 aromatic rings. The second-order valence-electron chi connectivity index (χ2n) is 3.18. The summed E-state index contributed by atoms with van der Waals surface area (Å²) in [6.07, 6.45) is 0.0272. The summed E-state index contributed by atoms with van der Waals surface area (Å²) in [7, 11) is 1.72. The van der Waals surface area contributed by atoms with Crippen molar-refractivity contribution in [3.63, 3.8) is 0 Å². The highest BCUT2D eigenvalue weighted by molar-refractivity contribution is 5.68. The van der Waals surface area contributed by atoms with E-state index >= 15 is 0 Å². The van der Waals surface area contributed by atoms with Gasteiger partial charge in [0.25, 0.3) is 0 Å². The van der Waals surface area contributed by atoms with E-state index in [9.17, 15) is 4.79 Å². The molecule has 0 bridgehead atoms. The summed E-state index contributed by atoms with van der Waals surface area (Å²) < 4.78 is 4.98. The van der Waals surface area contributed by atoms with Crippen molar-refractivity contribution in [3.05, 3.63) is 17.0 Å². The molecule has 5 nitrogen and oxygen atoms in total. The highest BCUT2D eigenvalue weighted by Crippen LogP contribution is 2.23. The van der Waals surface area contributed by atoms with E-state index in [0.717, 1.165) is 11.3 Å². The average molecular weight is 198 g/mol. The Hall–Kier alpha value is -1.36. The van der Waals surface area contributed by atoms with E-state index in [1.54, 1.807) is 20.9 Å². The molecule has 0 fully saturated rings. The number of carbonyl (C=O) groups is 1. The summed E-state index contributed by atoms with van der Waals surface area (Å²) in [6, 6.07) is -0.237. The number of hydrogen-bond acceptors (Lipinski definition) is 4. The monoisotopic (exact) mass is 198 g/mol. The van der Waals surface area contributed by atoms with Crippen LogP contribution in [0.3, 0.4) is 0 Å². The molecule has 1 heterocycles. The normalized spacial score (nSPS) is 12.8. The molecule has 1 rings (SSSR count). The maximum Gasteiger partial charge on any atom is 0.305 e. The minimum absolute atomic E-state index is 0.0272. The number of aliphatic carboxylic acids is 1. The summed E-state index contributed by atoms with van der Waals surface area (Å²) in [5.74, 6) is -0.174. The van der Waals surface area contributed by atoms with Gasteiger partial charge in [-0.15, -0.1) is 0 Å². The number of nitrogens with zero attached hydrogens (tertiary/aromatic N) is 1. The summed E-state index contributed by atoms with van der Waals surface area (Å²) in [5.41, 5.74) is 1.58. The fraction of sp³-hybridized carbons (Fsp3) is 0.556. The third-order valence-electron chi connectivity index (χ3n) is 2.16. The Kier molecular flexibility index (Phi) is 3.24. The molecular weight excluding hydrogens is 184 g/mol. The lowest BCUT2D eigenvalue weighted by atomic mass is 10.0. The molecule has 0 saturated heterocycles. The van der Waals surface area contributed by atoms with E-state index in [-0.39, 0.29) is 12.5 Å². The molecule has 1 atom stereocenters. The van der Waals surface area contributed by atoms with Gasteiger partial charge in [-0.2, -0.15) is 0 Å². The van der Waals surface area contributed by atoms with Gasteiger partial charge in [0.2, 0.25) is 0 Å². The Morgan fingerprint density at radius 3 is 2.64 bits per heavy atom. The van der Waals surface area contributed by atoms with Gasteiger partial charge >= 0.3 is 5.97 Å². The van der Waals surface area contributed by atoms with Gasteiger partial charge in [0, 0.05) is 11.6 Å². The molecule has 0 aromatic carbocycles. The third-order valence-corrected chi connectivity index (χ3v) is 2.16. The maximum absolute atomic E-state index is 10.6. The molecule has 0 aliphatic carbocycles. The smallest absolute Gasteiger partial charge is 0.305 e. The van der Waals surface area contributed by atoms with Crippen molar-refractivity contribution in [1.82, 2.24) is 10.5 Å². The van der Waals surface area contributed by atoms with Gasteiger partial charge in [-0.3, -0.25) is 4.79 Å². The molecule has 0 aliphatic heterocycles. The van der Waals surface area contributed by atoms with E-state index in [1.165, 1.54) is 0 Å². The standard InChI is InChI=1S/C9H14N2O3/c1-5-9(6(2)14-11-5)7(10-3)4-8(12)13/h7,10H,4H2,1-3H3,(H,12,13). The molecule has 0 saturated carbocycles. The van der Waals surface area contributed by atoms with E-state index < -0.39 is 5.97 Å². The van der Waals surface area contributed by atoms with Crippen LogP contribution < -0.4 is 5.32 Å². The fourth-order valence-electron chi connectivity index (χ4n) is 1.51. The van der Waals surface area contributed by atoms with Crippen molar-refractivity contribution in [3.8, 4) is 0 Å². The molecule has 1 unspecified atom stereocenters. The zero-order chi connectivity index (χ0) is 10.7. The largest absolute Gasteiger partial charge is 0.481 e. The zero-order valence-electron chi connectivity index (χ0n) is 8.50. The van der Waals surface area contributed by atoms with Crippen LogP contribution in [0.5, 0.6) is 0 Å². The Bertz CT molecular complexity index is 313. The Morgan fingerprint density at radius 2 is 2.29 bits per heavy atom. The quantitative estimate of drug-likeness (QED) is 0.755. The van der Waals surface area contributed by atoms with Gasteiger partial charge < -0.3 is 14.9 Å². The van der Waals surface area contributed by atoms with Gasteiger partial charge in [-0.05, 0) is 20.9 Å². The first kappa shape index (κ1) is 10.7. The van der Waals surface area contributed by atoms with Crippen molar-refractivity contribution in [2.24, 2.45) is 0 Å². The van der Waals surface area contributed by atoms with E-state index in [4.69, 9.17) is 9.63 Å². The van der Waals surface area contributed by atoms with Crippen molar-refractivity contribution in [2.75, 3.05) is 7.05 Å². The molecule has 0 amide bonds. The summed E-state index contributed by atoms with van der Waals surface area (Å²) in [4.78, 5) is 10.6. The van der Waals surface area contributed by atoms with Crippen LogP contribution in [0.25, 0.3) is 0 Å². The van der Waals surface area contributed by atoms with E-state index in [2.05, 4.69) is 10.5 Å². The van der Waals surface area contributed by atoms with Crippen molar-refractivity contribution < 1.29 is 14.4 Å². The van der Waals surface area contributed by atoms with Crippen LogP contribution in [0.1, 0.15) is 29.5 Å². The van der Waals surface area contributed by atoms with Gasteiger partial charge in [0.15, 0.2) is 0 Å². The predicted molar refractivity (Wildman–Crippen MR) is 50.0 cm³/mol. The average Bonchev–Trinajstić information content (AvgIpc) is 2.43. The van der Waals surface area contributed by atoms with E-state index in [0.29, 0.717) is 5.76 Å². The van der Waals surface area contributed by atoms with Crippen LogP contribution in [0.2, 0.25) is 0 Å². The van der Waals surface area contributed by atoms with Gasteiger partial charge in [-0.1, -0.05) is 5.16 Å². The first-order valence-corrected chi connectivity index (χ1v) is 4.38. The van der Waals surface area contributed by atoms with Crippen LogP contribution >= 0.6 is 0 Å². The minimum atomic E-state index is -0.843. The number of aromatic nitrogens is 1. The predicted octanol–water partition coefficient (Wildman–Crippen LogP) is 1.03. The number of nitrogens with one attached hydrogen (secondary N) is 1. The first-order valence-electron chi connectivity index (χ1n) is 4.38. The first-order chi connectivity index (χ1) is 6.56. The van der Waals surface area contributed by atoms with Crippen LogP contribution in [0, 0.1) is 13.8 Å². The molecule has 5 heteroatoms. The summed E-state index contributed by atoms with van der Waals surface area (Å²) in [5, 5.41) is 15.4. The van der Waals surface area contributed by atoms with Gasteiger partial charge in [-0.25, -0.2) is 0 Å².